The lowest BCUT2D eigenvalue weighted by molar-refractivity contribution is 0.503. The van der Waals surface area contributed by atoms with Crippen molar-refractivity contribution in [3.05, 3.63) is 0 Å². The van der Waals surface area contributed by atoms with Crippen molar-refractivity contribution < 1.29 is 0 Å². The van der Waals surface area contributed by atoms with E-state index in [4.69, 9.17) is 5.73 Å². The molecule has 0 aliphatic carbocycles. The Kier molecular flexibility index (Phi) is 13.0. The normalized spacial score (nSPS) is 12.9. The minimum Gasteiger partial charge on any atom is -0.328 e. The van der Waals surface area contributed by atoms with Gasteiger partial charge in [-0.1, -0.05) is 78.1 Å². The monoisotopic (exact) mass is 227 g/mol. The van der Waals surface area contributed by atoms with E-state index in [2.05, 4.69) is 13.8 Å². The molecule has 0 spiro atoms. The fraction of sp³-hybridized carbons (Fsp3) is 1.00. The molecule has 1 nitrogen and oxygen atoms in total. The van der Waals surface area contributed by atoms with Gasteiger partial charge in [0, 0.05) is 6.04 Å². The van der Waals surface area contributed by atoms with Gasteiger partial charge in [0.15, 0.2) is 0 Å². The van der Waals surface area contributed by atoms with Gasteiger partial charge >= 0.3 is 0 Å². The molecule has 0 aromatic carbocycles. The summed E-state index contributed by atoms with van der Waals surface area (Å²) in [5, 5.41) is 0. The molecule has 0 saturated carbocycles. The first-order valence-corrected chi connectivity index (χ1v) is 7.56. The molecule has 0 aliphatic heterocycles. The molecular formula is C15H33N. The van der Waals surface area contributed by atoms with E-state index in [9.17, 15) is 0 Å². The summed E-state index contributed by atoms with van der Waals surface area (Å²) in [6, 6.07) is 0.467. The summed E-state index contributed by atoms with van der Waals surface area (Å²) in [6.07, 6.45) is 16.4. The van der Waals surface area contributed by atoms with Crippen LogP contribution in [0.4, 0.5) is 0 Å². The van der Waals surface area contributed by atoms with E-state index in [1.165, 1.54) is 77.0 Å². The Morgan fingerprint density at radius 1 is 0.625 bits per heavy atom. The molecule has 0 aromatic heterocycles. The van der Waals surface area contributed by atoms with Crippen molar-refractivity contribution in [1.29, 1.82) is 0 Å². The first-order chi connectivity index (χ1) is 7.81. The van der Waals surface area contributed by atoms with Gasteiger partial charge in [0.2, 0.25) is 0 Å². The van der Waals surface area contributed by atoms with Gasteiger partial charge in [0.1, 0.15) is 0 Å². The first-order valence-electron chi connectivity index (χ1n) is 7.56. The third kappa shape index (κ3) is 12.0. The lowest BCUT2D eigenvalue weighted by atomic mass is 10.0. The van der Waals surface area contributed by atoms with E-state index in [0.29, 0.717) is 6.04 Å². The zero-order valence-corrected chi connectivity index (χ0v) is 11.6. The first kappa shape index (κ1) is 16.0. The van der Waals surface area contributed by atoms with E-state index in [1.54, 1.807) is 0 Å². The standard InChI is InChI=1S/C15H33N/c1-3-5-6-7-8-9-10-11-12-14-15(16)13-4-2/h15H,3-14,16H2,1-2H3. The highest BCUT2D eigenvalue weighted by atomic mass is 14.6. The van der Waals surface area contributed by atoms with E-state index in [-0.39, 0.29) is 0 Å². The third-order valence-corrected chi connectivity index (χ3v) is 3.34. The summed E-state index contributed by atoms with van der Waals surface area (Å²) in [6.45, 7) is 4.50. The van der Waals surface area contributed by atoms with Crippen LogP contribution in [0.5, 0.6) is 0 Å². The quantitative estimate of drug-likeness (QED) is 0.465. The Labute approximate surface area is 103 Å². The topological polar surface area (TPSA) is 26.0 Å². The van der Waals surface area contributed by atoms with Crippen LogP contribution >= 0.6 is 0 Å². The van der Waals surface area contributed by atoms with Crippen molar-refractivity contribution >= 4 is 0 Å². The van der Waals surface area contributed by atoms with Gasteiger partial charge in [-0.25, -0.2) is 0 Å². The van der Waals surface area contributed by atoms with Crippen molar-refractivity contribution in [3.63, 3.8) is 0 Å². The zero-order chi connectivity index (χ0) is 12.1. The predicted octanol–water partition coefficient (Wildman–Crippen LogP) is 5.03. The maximum atomic E-state index is 5.98. The number of hydrogen-bond acceptors (Lipinski definition) is 1. The number of nitrogens with two attached hydrogens (primary N) is 1. The van der Waals surface area contributed by atoms with E-state index in [1.807, 2.05) is 0 Å². The second-order valence-electron chi connectivity index (χ2n) is 5.17. The molecule has 16 heavy (non-hydrogen) atoms. The third-order valence-electron chi connectivity index (χ3n) is 3.34. The Balaban J connectivity index is 2.98. The van der Waals surface area contributed by atoms with Crippen molar-refractivity contribution in [2.75, 3.05) is 0 Å². The average Bonchev–Trinajstić information content (AvgIpc) is 2.27. The Hall–Kier alpha value is -0.0400. The Morgan fingerprint density at radius 3 is 1.62 bits per heavy atom. The van der Waals surface area contributed by atoms with Crippen molar-refractivity contribution in [1.82, 2.24) is 0 Å². The molecule has 0 fully saturated rings. The molecular weight excluding hydrogens is 194 g/mol. The van der Waals surface area contributed by atoms with Crippen LogP contribution in [-0.2, 0) is 0 Å². The molecule has 0 bridgehead atoms. The maximum Gasteiger partial charge on any atom is 0.00387 e. The minimum atomic E-state index is 0.467. The summed E-state index contributed by atoms with van der Waals surface area (Å²) in [5.74, 6) is 0. The molecule has 0 amide bonds. The van der Waals surface area contributed by atoms with Crippen molar-refractivity contribution in [3.8, 4) is 0 Å². The number of hydrogen-bond donors (Lipinski definition) is 1. The fourth-order valence-corrected chi connectivity index (χ4v) is 2.23. The predicted molar refractivity (Wildman–Crippen MR) is 74.7 cm³/mol. The maximum absolute atomic E-state index is 5.98. The second kappa shape index (κ2) is 13.0. The highest BCUT2D eigenvalue weighted by Gasteiger charge is 1.99. The van der Waals surface area contributed by atoms with E-state index < -0.39 is 0 Å². The highest BCUT2D eigenvalue weighted by molar-refractivity contribution is 4.60. The molecule has 1 atom stereocenters. The zero-order valence-electron chi connectivity index (χ0n) is 11.6. The van der Waals surface area contributed by atoms with Gasteiger partial charge in [-0.15, -0.1) is 0 Å². The molecule has 1 heteroatoms. The average molecular weight is 227 g/mol. The summed E-state index contributed by atoms with van der Waals surface area (Å²) < 4.78 is 0. The summed E-state index contributed by atoms with van der Waals surface area (Å²) in [4.78, 5) is 0. The van der Waals surface area contributed by atoms with E-state index >= 15 is 0 Å². The van der Waals surface area contributed by atoms with Crippen LogP contribution in [0.25, 0.3) is 0 Å². The molecule has 0 radical (unpaired) electrons. The fourth-order valence-electron chi connectivity index (χ4n) is 2.23. The largest absolute Gasteiger partial charge is 0.328 e. The molecule has 2 N–H and O–H groups in total. The molecule has 0 rings (SSSR count). The summed E-state index contributed by atoms with van der Waals surface area (Å²) in [7, 11) is 0. The number of unbranched alkanes of at least 4 members (excludes halogenated alkanes) is 8. The van der Waals surface area contributed by atoms with Crippen LogP contribution in [0.3, 0.4) is 0 Å². The van der Waals surface area contributed by atoms with Gasteiger partial charge in [0.05, 0.1) is 0 Å². The smallest absolute Gasteiger partial charge is 0.00387 e. The van der Waals surface area contributed by atoms with Gasteiger partial charge in [-0.3, -0.25) is 0 Å². The van der Waals surface area contributed by atoms with Crippen LogP contribution in [0.1, 0.15) is 90.9 Å². The number of rotatable bonds is 12. The van der Waals surface area contributed by atoms with Crippen molar-refractivity contribution in [2.24, 2.45) is 5.73 Å². The van der Waals surface area contributed by atoms with Crippen LogP contribution < -0.4 is 5.73 Å². The highest BCUT2D eigenvalue weighted by Crippen LogP contribution is 2.11. The Morgan fingerprint density at radius 2 is 1.12 bits per heavy atom. The lowest BCUT2D eigenvalue weighted by Gasteiger charge is -2.09. The second-order valence-corrected chi connectivity index (χ2v) is 5.17. The molecule has 0 aromatic rings. The molecule has 0 aliphatic rings. The van der Waals surface area contributed by atoms with Crippen LogP contribution in [-0.4, -0.2) is 6.04 Å². The van der Waals surface area contributed by atoms with Gasteiger partial charge in [-0.05, 0) is 12.8 Å². The molecule has 98 valence electrons. The van der Waals surface area contributed by atoms with Crippen molar-refractivity contribution in [2.45, 2.75) is 96.9 Å². The molecule has 1 unspecified atom stereocenters. The van der Waals surface area contributed by atoms with E-state index in [0.717, 1.165) is 0 Å². The minimum absolute atomic E-state index is 0.467. The molecule has 0 heterocycles. The van der Waals surface area contributed by atoms with Gasteiger partial charge < -0.3 is 5.73 Å². The van der Waals surface area contributed by atoms with Crippen LogP contribution in [0.15, 0.2) is 0 Å². The summed E-state index contributed by atoms with van der Waals surface area (Å²) in [5.41, 5.74) is 5.98. The molecule has 0 saturated heterocycles. The van der Waals surface area contributed by atoms with Crippen LogP contribution in [0.2, 0.25) is 0 Å². The lowest BCUT2D eigenvalue weighted by Crippen LogP contribution is -2.18. The van der Waals surface area contributed by atoms with Gasteiger partial charge in [0.25, 0.3) is 0 Å². The SMILES string of the molecule is CCCCCCCCCCCC(N)CCC. The Bertz CT molecular complexity index is 123. The van der Waals surface area contributed by atoms with Crippen LogP contribution in [0, 0.1) is 0 Å². The summed E-state index contributed by atoms with van der Waals surface area (Å²) >= 11 is 0. The van der Waals surface area contributed by atoms with Gasteiger partial charge in [-0.2, -0.15) is 0 Å².